The van der Waals surface area contributed by atoms with Gasteiger partial charge in [-0.15, -0.1) is 0 Å². The Balaban J connectivity index is 2.08. The summed E-state index contributed by atoms with van der Waals surface area (Å²) in [6.07, 6.45) is 1.65. The predicted molar refractivity (Wildman–Crippen MR) is 111 cm³/mol. The van der Waals surface area contributed by atoms with Gasteiger partial charge in [0, 0.05) is 36.3 Å². The number of carbonyl (C=O) groups excluding carboxylic acids is 1. The highest BCUT2D eigenvalue weighted by Crippen LogP contribution is 2.31. The molecule has 1 N–H and O–H groups in total. The van der Waals surface area contributed by atoms with E-state index in [2.05, 4.69) is 15.2 Å². The normalized spacial score (nSPS) is 14.9. The first-order valence-corrected chi connectivity index (χ1v) is 10.3. The molecule has 1 aliphatic heterocycles. The van der Waals surface area contributed by atoms with E-state index < -0.39 is 0 Å². The van der Waals surface area contributed by atoms with Crippen LogP contribution < -0.4 is 10.2 Å². The van der Waals surface area contributed by atoms with Crippen LogP contribution in [0.1, 0.15) is 36.7 Å². The largest absolute Gasteiger partial charge is 0.355 e. The molecule has 0 bridgehead atoms. The first-order valence-electron chi connectivity index (χ1n) is 9.16. The maximum Gasteiger partial charge on any atom is 0.253 e. The summed E-state index contributed by atoms with van der Waals surface area (Å²) in [6, 6.07) is 6.64. The SMILES string of the molecule is Cc1cc(F)ccc1-c1cc(N2CCSCC2)ncc1C(=O)NC(C)(C)C. The molecular formula is C21H26FN3OS. The van der Waals surface area contributed by atoms with Crippen LogP contribution in [0.3, 0.4) is 0 Å². The van der Waals surface area contributed by atoms with Crippen LogP contribution in [0.5, 0.6) is 0 Å². The minimum absolute atomic E-state index is 0.172. The van der Waals surface area contributed by atoms with Gasteiger partial charge in [0.25, 0.3) is 5.91 Å². The molecule has 1 amide bonds. The number of aryl methyl sites for hydroxylation is 1. The van der Waals surface area contributed by atoms with Crippen molar-refractivity contribution in [2.24, 2.45) is 0 Å². The number of aromatic nitrogens is 1. The van der Waals surface area contributed by atoms with Crippen molar-refractivity contribution >= 4 is 23.5 Å². The number of benzene rings is 1. The minimum atomic E-state index is -0.352. The smallest absolute Gasteiger partial charge is 0.253 e. The molecule has 1 aromatic heterocycles. The fraction of sp³-hybridized carbons (Fsp3) is 0.429. The molecule has 1 aromatic carbocycles. The minimum Gasteiger partial charge on any atom is -0.355 e. The van der Waals surface area contributed by atoms with Crippen LogP contribution in [0.25, 0.3) is 11.1 Å². The highest BCUT2D eigenvalue weighted by atomic mass is 32.2. The number of hydrogen-bond acceptors (Lipinski definition) is 4. The molecule has 0 aliphatic carbocycles. The third kappa shape index (κ3) is 4.80. The van der Waals surface area contributed by atoms with Crippen LogP contribution in [0.15, 0.2) is 30.5 Å². The molecule has 4 nitrogen and oxygen atoms in total. The fourth-order valence-electron chi connectivity index (χ4n) is 3.15. The lowest BCUT2D eigenvalue weighted by Crippen LogP contribution is -2.41. The number of nitrogens with one attached hydrogen (secondary N) is 1. The molecule has 0 unspecified atom stereocenters. The topological polar surface area (TPSA) is 45.2 Å². The molecule has 2 heterocycles. The number of rotatable bonds is 3. The molecule has 2 aromatic rings. The van der Waals surface area contributed by atoms with Crippen LogP contribution >= 0.6 is 11.8 Å². The van der Waals surface area contributed by atoms with Crippen molar-refractivity contribution in [1.29, 1.82) is 0 Å². The Morgan fingerprint density at radius 2 is 1.89 bits per heavy atom. The molecule has 6 heteroatoms. The first kappa shape index (κ1) is 19.7. The van der Waals surface area contributed by atoms with E-state index in [1.165, 1.54) is 12.1 Å². The number of nitrogens with zero attached hydrogens (tertiary/aromatic N) is 2. The lowest BCUT2D eigenvalue weighted by molar-refractivity contribution is 0.0920. The Bertz CT molecular complexity index is 842. The summed E-state index contributed by atoms with van der Waals surface area (Å²) in [5, 5.41) is 3.01. The van der Waals surface area contributed by atoms with Gasteiger partial charge in [0.1, 0.15) is 11.6 Å². The number of hydrogen-bond donors (Lipinski definition) is 1. The van der Waals surface area contributed by atoms with Crippen LogP contribution in [-0.2, 0) is 0 Å². The Morgan fingerprint density at radius 3 is 2.52 bits per heavy atom. The summed E-state index contributed by atoms with van der Waals surface area (Å²) in [4.78, 5) is 19.7. The standard InChI is InChI=1S/C21H26FN3OS/c1-14-11-15(22)5-6-16(14)17-12-19(25-7-9-27-10-8-25)23-13-18(17)20(26)24-21(2,3)4/h5-6,11-13H,7-10H2,1-4H3,(H,24,26). The number of amides is 1. The van der Waals surface area contributed by atoms with Gasteiger partial charge in [-0.2, -0.15) is 11.8 Å². The zero-order chi connectivity index (χ0) is 19.6. The van der Waals surface area contributed by atoms with Crippen molar-refractivity contribution in [1.82, 2.24) is 10.3 Å². The Kier molecular flexibility index (Phi) is 5.75. The third-order valence-electron chi connectivity index (χ3n) is 4.44. The average molecular weight is 388 g/mol. The van der Waals surface area contributed by atoms with Gasteiger partial charge in [0.2, 0.25) is 0 Å². The van der Waals surface area contributed by atoms with Gasteiger partial charge in [0.15, 0.2) is 0 Å². The van der Waals surface area contributed by atoms with Crippen LogP contribution in [-0.4, -0.2) is 41.0 Å². The van der Waals surface area contributed by atoms with E-state index in [1.807, 2.05) is 45.5 Å². The van der Waals surface area contributed by atoms with Gasteiger partial charge in [-0.3, -0.25) is 4.79 Å². The van der Waals surface area contributed by atoms with Gasteiger partial charge < -0.3 is 10.2 Å². The predicted octanol–water partition coefficient (Wildman–Crippen LogP) is 4.28. The molecule has 1 aliphatic rings. The molecule has 1 saturated heterocycles. The van der Waals surface area contributed by atoms with Crippen molar-refractivity contribution < 1.29 is 9.18 Å². The van der Waals surface area contributed by atoms with Crippen molar-refractivity contribution in [3.05, 3.63) is 47.4 Å². The Morgan fingerprint density at radius 1 is 1.19 bits per heavy atom. The second kappa shape index (κ2) is 7.89. The van der Waals surface area contributed by atoms with Gasteiger partial charge in [-0.1, -0.05) is 6.07 Å². The summed E-state index contributed by atoms with van der Waals surface area (Å²) in [5.74, 6) is 2.55. The fourth-order valence-corrected chi connectivity index (χ4v) is 4.05. The van der Waals surface area contributed by atoms with Crippen LogP contribution in [0.2, 0.25) is 0 Å². The second-order valence-corrected chi connectivity index (χ2v) is 9.08. The lowest BCUT2D eigenvalue weighted by Gasteiger charge is -2.28. The van der Waals surface area contributed by atoms with E-state index in [9.17, 15) is 9.18 Å². The zero-order valence-corrected chi connectivity index (χ0v) is 17.1. The maximum atomic E-state index is 13.6. The van der Waals surface area contributed by atoms with Crippen LogP contribution in [0, 0.1) is 12.7 Å². The number of pyridine rings is 1. The summed E-state index contributed by atoms with van der Waals surface area (Å²) < 4.78 is 13.6. The van der Waals surface area contributed by atoms with E-state index in [-0.39, 0.29) is 17.3 Å². The monoisotopic (exact) mass is 387 g/mol. The summed E-state index contributed by atoms with van der Waals surface area (Å²) in [6.45, 7) is 9.57. The maximum absolute atomic E-state index is 13.6. The summed E-state index contributed by atoms with van der Waals surface area (Å²) >= 11 is 1.94. The van der Waals surface area contributed by atoms with E-state index >= 15 is 0 Å². The number of halogens is 1. The number of thioether (sulfide) groups is 1. The highest BCUT2D eigenvalue weighted by Gasteiger charge is 2.22. The first-order chi connectivity index (χ1) is 12.7. The molecule has 1 fully saturated rings. The van der Waals surface area contributed by atoms with Gasteiger partial charge in [-0.25, -0.2) is 9.37 Å². The molecule has 0 radical (unpaired) electrons. The van der Waals surface area contributed by atoms with Gasteiger partial charge >= 0.3 is 0 Å². The second-order valence-electron chi connectivity index (χ2n) is 7.85. The lowest BCUT2D eigenvalue weighted by atomic mass is 9.96. The van der Waals surface area contributed by atoms with E-state index in [1.54, 1.807) is 12.3 Å². The van der Waals surface area contributed by atoms with E-state index in [0.717, 1.165) is 47.1 Å². The Labute approximate surface area is 164 Å². The highest BCUT2D eigenvalue weighted by molar-refractivity contribution is 7.99. The van der Waals surface area contributed by atoms with Crippen LogP contribution in [0.4, 0.5) is 10.2 Å². The number of anilines is 1. The number of carbonyl (C=O) groups is 1. The molecule has 0 atom stereocenters. The zero-order valence-electron chi connectivity index (χ0n) is 16.3. The van der Waals surface area contributed by atoms with Gasteiger partial charge in [0.05, 0.1) is 5.56 Å². The average Bonchev–Trinajstić information content (AvgIpc) is 2.60. The molecule has 3 rings (SSSR count). The molecule has 144 valence electrons. The van der Waals surface area contributed by atoms with Crippen molar-refractivity contribution in [2.75, 3.05) is 29.5 Å². The molecule has 0 spiro atoms. The van der Waals surface area contributed by atoms with E-state index in [4.69, 9.17) is 0 Å². The molecule has 27 heavy (non-hydrogen) atoms. The van der Waals surface area contributed by atoms with Crippen molar-refractivity contribution in [3.8, 4) is 11.1 Å². The summed E-state index contributed by atoms with van der Waals surface area (Å²) in [7, 11) is 0. The van der Waals surface area contributed by atoms with Crippen molar-refractivity contribution in [3.63, 3.8) is 0 Å². The summed E-state index contributed by atoms with van der Waals surface area (Å²) in [5.41, 5.74) is 2.60. The quantitative estimate of drug-likeness (QED) is 0.854. The molecular weight excluding hydrogens is 361 g/mol. The third-order valence-corrected chi connectivity index (χ3v) is 5.38. The van der Waals surface area contributed by atoms with E-state index in [0.29, 0.717) is 5.56 Å². The molecule has 0 saturated carbocycles. The Hall–Kier alpha value is -2.08. The van der Waals surface area contributed by atoms with Crippen molar-refractivity contribution in [2.45, 2.75) is 33.2 Å². The van der Waals surface area contributed by atoms with Gasteiger partial charge in [-0.05, 0) is 62.6 Å².